The van der Waals surface area contributed by atoms with Crippen molar-refractivity contribution in [2.75, 3.05) is 19.8 Å². The maximum atomic E-state index is 12.0. The van der Waals surface area contributed by atoms with Gasteiger partial charge in [-0.05, 0) is 47.0 Å². The average Bonchev–Trinajstić information content (AvgIpc) is 3.12. The molecule has 2 aliphatic heterocycles. The minimum atomic E-state index is -0.133. The van der Waals surface area contributed by atoms with E-state index in [2.05, 4.69) is 11.4 Å². The van der Waals surface area contributed by atoms with E-state index >= 15 is 0 Å². The second-order valence-electron chi connectivity index (χ2n) is 5.99. The molecule has 0 spiro atoms. The maximum Gasteiger partial charge on any atom is 0.244 e. The summed E-state index contributed by atoms with van der Waals surface area (Å²) in [6, 6.07) is 11.7. The highest BCUT2D eigenvalue weighted by atomic mass is 16.6. The topological polar surface area (TPSA) is 56.8 Å². The highest BCUT2D eigenvalue weighted by Crippen LogP contribution is 2.30. The zero-order valence-electron chi connectivity index (χ0n) is 13.8. The van der Waals surface area contributed by atoms with Gasteiger partial charge in [0, 0.05) is 19.0 Å². The van der Waals surface area contributed by atoms with Crippen LogP contribution in [-0.4, -0.2) is 25.7 Å². The Morgan fingerprint density at radius 1 is 0.960 bits per heavy atom. The molecule has 25 heavy (non-hydrogen) atoms. The molecule has 0 aliphatic carbocycles. The molecular weight excluding hydrogens is 318 g/mol. The smallest absolute Gasteiger partial charge is 0.244 e. The Hall–Kier alpha value is -2.95. The Bertz CT molecular complexity index is 828. The molecule has 0 atom stereocenters. The molecule has 4 rings (SSSR count). The summed E-state index contributed by atoms with van der Waals surface area (Å²) in [4.78, 5) is 12.0. The lowest BCUT2D eigenvalue weighted by Crippen LogP contribution is -2.20. The SMILES string of the molecule is O=C(/C=C/c1ccc2c(c1)CCO2)NCc1ccc2c(c1)OCCO2. The van der Waals surface area contributed by atoms with Crippen molar-refractivity contribution in [1.82, 2.24) is 5.32 Å². The van der Waals surface area contributed by atoms with Crippen molar-refractivity contribution in [3.8, 4) is 17.2 Å². The molecule has 0 radical (unpaired) electrons. The molecule has 0 unspecified atom stereocenters. The summed E-state index contributed by atoms with van der Waals surface area (Å²) in [5.41, 5.74) is 3.17. The fourth-order valence-corrected chi connectivity index (χ4v) is 2.93. The van der Waals surface area contributed by atoms with Crippen molar-refractivity contribution in [3.63, 3.8) is 0 Å². The first-order valence-corrected chi connectivity index (χ1v) is 8.38. The molecule has 0 aromatic heterocycles. The molecule has 0 saturated carbocycles. The Morgan fingerprint density at radius 3 is 2.68 bits per heavy atom. The van der Waals surface area contributed by atoms with Crippen molar-refractivity contribution >= 4 is 12.0 Å². The van der Waals surface area contributed by atoms with E-state index in [4.69, 9.17) is 14.2 Å². The van der Waals surface area contributed by atoms with Gasteiger partial charge in [0.05, 0.1) is 6.61 Å². The fraction of sp³-hybridized carbons (Fsp3) is 0.250. The van der Waals surface area contributed by atoms with Gasteiger partial charge in [0.25, 0.3) is 0 Å². The lowest BCUT2D eigenvalue weighted by atomic mass is 10.1. The Kier molecular flexibility index (Phi) is 4.29. The first kappa shape index (κ1) is 15.6. The summed E-state index contributed by atoms with van der Waals surface area (Å²) in [6.07, 6.45) is 4.29. The average molecular weight is 337 g/mol. The minimum Gasteiger partial charge on any atom is -0.493 e. The monoisotopic (exact) mass is 337 g/mol. The summed E-state index contributed by atoms with van der Waals surface area (Å²) in [5.74, 6) is 2.29. The van der Waals surface area contributed by atoms with Crippen LogP contribution in [-0.2, 0) is 17.8 Å². The number of rotatable bonds is 4. The molecule has 2 aromatic carbocycles. The van der Waals surface area contributed by atoms with E-state index in [1.54, 1.807) is 6.08 Å². The standard InChI is InChI=1S/C20H19NO4/c22-20(6-3-14-1-4-17-16(11-14)7-8-23-17)21-13-15-2-5-18-19(12-15)25-10-9-24-18/h1-6,11-12H,7-10,13H2,(H,21,22)/b6-3+. The third-order valence-corrected chi connectivity index (χ3v) is 4.21. The van der Waals surface area contributed by atoms with Crippen molar-refractivity contribution in [3.05, 3.63) is 59.2 Å². The van der Waals surface area contributed by atoms with Gasteiger partial charge in [-0.15, -0.1) is 0 Å². The number of ether oxygens (including phenoxy) is 3. The molecule has 0 fully saturated rings. The summed E-state index contributed by atoms with van der Waals surface area (Å²) < 4.78 is 16.5. The van der Waals surface area contributed by atoms with Gasteiger partial charge in [0.2, 0.25) is 5.91 Å². The molecule has 1 amide bonds. The predicted molar refractivity (Wildman–Crippen MR) is 94.0 cm³/mol. The van der Waals surface area contributed by atoms with E-state index in [9.17, 15) is 4.79 Å². The van der Waals surface area contributed by atoms with Crippen LogP contribution in [0.25, 0.3) is 6.08 Å². The van der Waals surface area contributed by atoms with Crippen molar-refractivity contribution in [2.24, 2.45) is 0 Å². The van der Waals surface area contributed by atoms with E-state index in [0.29, 0.717) is 19.8 Å². The van der Waals surface area contributed by atoms with Crippen LogP contribution in [0.5, 0.6) is 17.2 Å². The van der Waals surface area contributed by atoms with Crippen molar-refractivity contribution < 1.29 is 19.0 Å². The molecule has 5 heteroatoms. The van der Waals surface area contributed by atoms with Gasteiger partial charge in [0.1, 0.15) is 19.0 Å². The van der Waals surface area contributed by atoms with Gasteiger partial charge in [-0.2, -0.15) is 0 Å². The third-order valence-electron chi connectivity index (χ3n) is 4.21. The van der Waals surface area contributed by atoms with E-state index in [-0.39, 0.29) is 5.91 Å². The molecule has 0 bridgehead atoms. The van der Waals surface area contributed by atoms with E-state index in [1.165, 1.54) is 5.56 Å². The summed E-state index contributed by atoms with van der Waals surface area (Å²) in [7, 11) is 0. The molecule has 0 saturated heterocycles. The third kappa shape index (κ3) is 3.60. The van der Waals surface area contributed by atoms with Crippen LogP contribution in [0.2, 0.25) is 0 Å². The zero-order chi connectivity index (χ0) is 17.1. The van der Waals surface area contributed by atoms with Crippen molar-refractivity contribution in [2.45, 2.75) is 13.0 Å². The van der Waals surface area contributed by atoms with Gasteiger partial charge in [-0.1, -0.05) is 12.1 Å². The summed E-state index contributed by atoms with van der Waals surface area (Å²) in [5, 5.41) is 2.88. The molecule has 2 aromatic rings. The molecule has 2 heterocycles. The van der Waals surface area contributed by atoms with Crippen LogP contribution >= 0.6 is 0 Å². The van der Waals surface area contributed by atoms with Gasteiger partial charge in [-0.3, -0.25) is 4.79 Å². The normalized spacial score (nSPS) is 14.9. The Balaban J connectivity index is 1.34. The summed E-state index contributed by atoms with van der Waals surface area (Å²) >= 11 is 0. The van der Waals surface area contributed by atoms with E-state index in [1.807, 2.05) is 36.4 Å². The molecule has 1 N–H and O–H groups in total. The first-order valence-electron chi connectivity index (χ1n) is 8.38. The Labute approximate surface area is 146 Å². The van der Waals surface area contributed by atoms with Crippen LogP contribution in [0.4, 0.5) is 0 Å². The van der Waals surface area contributed by atoms with Gasteiger partial charge >= 0.3 is 0 Å². The number of hydrogen-bond donors (Lipinski definition) is 1. The van der Waals surface area contributed by atoms with Crippen LogP contribution < -0.4 is 19.5 Å². The second kappa shape index (κ2) is 6.89. The number of amides is 1. The van der Waals surface area contributed by atoms with Crippen LogP contribution in [0.1, 0.15) is 16.7 Å². The van der Waals surface area contributed by atoms with E-state index in [0.717, 1.165) is 41.4 Å². The van der Waals surface area contributed by atoms with Crippen molar-refractivity contribution in [1.29, 1.82) is 0 Å². The molecular formula is C20H19NO4. The highest BCUT2D eigenvalue weighted by Gasteiger charge is 2.12. The largest absolute Gasteiger partial charge is 0.493 e. The fourth-order valence-electron chi connectivity index (χ4n) is 2.93. The van der Waals surface area contributed by atoms with Crippen LogP contribution in [0, 0.1) is 0 Å². The van der Waals surface area contributed by atoms with Gasteiger partial charge in [-0.25, -0.2) is 0 Å². The number of carbonyl (C=O) groups excluding carboxylic acids is 1. The molecule has 128 valence electrons. The number of nitrogens with one attached hydrogen (secondary N) is 1. The highest BCUT2D eigenvalue weighted by molar-refractivity contribution is 5.91. The number of fused-ring (bicyclic) bond motifs is 2. The number of carbonyl (C=O) groups is 1. The lowest BCUT2D eigenvalue weighted by molar-refractivity contribution is -0.116. The molecule has 2 aliphatic rings. The van der Waals surface area contributed by atoms with Gasteiger partial charge < -0.3 is 19.5 Å². The van der Waals surface area contributed by atoms with Crippen LogP contribution in [0.3, 0.4) is 0 Å². The molecule has 5 nitrogen and oxygen atoms in total. The minimum absolute atomic E-state index is 0.133. The summed E-state index contributed by atoms with van der Waals surface area (Å²) in [6.45, 7) is 2.30. The number of hydrogen-bond acceptors (Lipinski definition) is 4. The Morgan fingerprint density at radius 2 is 1.76 bits per heavy atom. The first-order chi connectivity index (χ1) is 12.3. The van der Waals surface area contributed by atoms with E-state index < -0.39 is 0 Å². The quantitative estimate of drug-likeness (QED) is 0.872. The van der Waals surface area contributed by atoms with Gasteiger partial charge in [0.15, 0.2) is 11.5 Å². The van der Waals surface area contributed by atoms with Crippen LogP contribution in [0.15, 0.2) is 42.5 Å². The maximum absolute atomic E-state index is 12.0. The number of benzene rings is 2. The second-order valence-corrected chi connectivity index (χ2v) is 5.99. The lowest BCUT2D eigenvalue weighted by Gasteiger charge is -2.18. The predicted octanol–water partition coefficient (Wildman–Crippen LogP) is 2.72. The zero-order valence-corrected chi connectivity index (χ0v) is 13.8.